The molecule has 20 heteroatoms. The quantitative estimate of drug-likeness (QED) is 0.360. The van der Waals surface area contributed by atoms with E-state index in [4.69, 9.17) is 9.47 Å². The van der Waals surface area contributed by atoms with Crippen LogP contribution in [0.5, 0.6) is 11.5 Å². The van der Waals surface area contributed by atoms with Gasteiger partial charge < -0.3 is 14.8 Å². The predicted molar refractivity (Wildman–Crippen MR) is 86.7 cm³/mol. The maximum atomic E-state index is 14.0. The Morgan fingerprint density at radius 1 is 0.676 bits per heavy atom. The van der Waals surface area contributed by atoms with Gasteiger partial charge in [-0.25, -0.2) is 8.78 Å². The Labute approximate surface area is 193 Å². The molecule has 0 spiro atoms. The molecule has 0 bridgehead atoms. The van der Waals surface area contributed by atoms with E-state index in [9.17, 15) is 75.0 Å². The summed E-state index contributed by atoms with van der Waals surface area (Å²) in [5.41, 5.74) is -0.965. The van der Waals surface area contributed by atoms with Crippen molar-refractivity contribution in [2.75, 3.05) is 18.5 Å². The molecule has 0 aliphatic carbocycles. The number of amides is 1. The molecule has 1 aromatic carbocycles. The highest BCUT2D eigenvalue weighted by molar-refractivity contribution is 5.97. The Bertz CT molecular complexity index is 1030. The topological polar surface area (TPSA) is 47.6 Å². The van der Waals surface area contributed by atoms with Gasteiger partial charge in [0, 0.05) is 11.8 Å². The van der Waals surface area contributed by atoms with Crippen LogP contribution in [0, 0.1) is 0 Å². The minimum absolute atomic E-state index is 0.0286. The first-order valence-corrected chi connectivity index (χ1v) is 9.05. The van der Waals surface area contributed by atoms with Crippen molar-refractivity contribution in [3.8, 4) is 11.5 Å². The molecule has 0 fully saturated rings. The largest absolute Gasteiger partial charge is 0.486 e. The van der Waals surface area contributed by atoms with Crippen LogP contribution in [0.25, 0.3) is 0 Å². The summed E-state index contributed by atoms with van der Waals surface area (Å²) in [5, 5.41) is 0.833. The van der Waals surface area contributed by atoms with E-state index >= 15 is 0 Å². The summed E-state index contributed by atoms with van der Waals surface area (Å²) in [4.78, 5) is 11.6. The van der Waals surface area contributed by atoms with Crippen LogP contribution in [0.3, 0.4) is 0 Å². The van der Waals surface area contributed by atoms with E-state index < -0.39 is 59.5 Å². The first kappa shape index (κ1) is 30.4. The summed E-state index contributed by atoms with van der Waals surface area (Å²) in [7, 11) is 0. The lowest BCUT2D eigenvalue weighted by Gasteiger charge is -2.42. The molecule has 0 saturated heterocycles. The van der Waals surface area contributed by atoms with E-state index in [1.807, 2.05) is 0 Å². The Balaban J connectivity index is 2.46. The van der Waals surface area contributed by atoms with Crippen molar-refractivity contribution in [2.24, 2.45) is 0 Å². The zero-order valence-corrected chi connectivity index (χ0v) is 17.0. The van der Waals surface area contributed by atoms with E-state index in [1.54, 1.807) is 0 Å². The number of nitrogens with one attached hydrogen (secondary N) is 1. The van der Waals surface area contributed by atoms with Crippen LogP contribution in [-0.2, 0) is 4.79 Å². The lowest BCUT2D eigenvalue weighted by Crippen LogP contribution is -2.74. The van der Waals surface area contributed by atoms with Gasteiger partial charge >= 0.3 is 53.8 Å². The minimum Gasteiger partial charge on any atom is -0.486 e. The molecule has 1 aliphatic heterocycles. The van der Waals surface area contributed by atoms with Crippen LogP contribution in [0.2, 0.25) is 0 Å². The maximum Gasteiger partial charge on any atom is 0.393 e. The molecule has 0 aromatic heterocycles. The minimum atomic E-state index is -8.58. The number of carbonyl (C=O) groups is 1. The Morgan fingerprint density at radius 3 is 1.59 bits per heavy atom. The Kier molecular flexibility index (Phi) is 7.30. The van der Waals surface area contributed by atoms with Crippen molar-refractivity contribution >= 4 is 11.6 Å². The molecule has 0 unspecified atom stereocenters. The standard InChI is InChI=1S/C17H9F16NO3/c18-9(19)11(20,21)13(24,25)15(28,29)17(32,33)16(30,31)14(26,27)12(22,23)10(35)34-6-1-2-7-8(5-6)37-4-3-36-7/h1-2,5,9H,3-4H2,(H,34,35). The average Bonchev–Trinajstić information content (AvgIpc) is 2.77. The second-order valence-electron chi connectivity index (χ2n) is 7.18. The number of anilines is 1. The van der Waals surface area contributed by atoms with Gasteiger partial charge in [-0.05, 0) is 12.1 Å². The monoisotopic (exact) mass is 579 g/mol. The highest BCUT2D eigenvalue weighted by Crippen LogP contribution is 2.62. The fourth-order valence-electron chi connectivity index (χ4n) is 2.61. The van der Waals surface area contributed by atoms with Crippen molar-refractivity contribution in [2.45, 2.75) is 47.9 Å². The third-order valence-corrected chi connectivity index (χ3v) is 4.75. The van der Waals surface area contributed by atoms with Crippen LogP contribution in [0.1, 0.15) is 0 Å². The molecular weight excluding hydrogens is 570 g/mol. The van der Waals surface area contributed by atoms with Gasteiger partial charge in [-0.15, -0.1) is 0 Å². The lowest BCUT2D eigenvalue weighted by molar-refractivity contribution is -0.443. The van der Waals surface area contributed by atoms with E-state index in [2.05, 4.69) is 0 Å². The molecule has 1 heterocycles. The van der Waals surface area contributed by atoms with Crippen molar-refractivity contribution < 1.29 is 84.5 Å². The highest BCUT2D eigenvalue weighted by Gasteiger charge is 2.94. The van der Waals surface area contributed by atoms with E-state index in [0.29, 0.717) is 12.1 Å². The SMILES string of the molecule is O=C(Nc1ccc2c(c1)OCCO2)C(F)(F)C(F)(F)C(F)(F)C(F)(F)C(F)(F)C(F)(F)C(F)(F)C(F)F. The zero-order chi connectivity index (χ0) is 29.0. The number of hydrogen-bond donors (Lipinski definition) is 1. The molecule has 1 N–H and O–H groups in total. The third kappa shape index (κ3) is 4.24. The summed E-state index contributed by atoms with van der Waals surface area (Å²) in [5.74, 6) is -60.4. The third-order valence-electron chi connectivity index (χ3n) is 4.75. The van der Waals surface area contributed by atoms with Crippen molar-refractivity contribution in [1.29, 1.82) is 0 Å². The van der Waals surface area contributed by atoms with E-state index in [0.717, 1.165) is 11.4 Å². The molecule has 1 aromatic rings. The number of hydrogen-bond acceptors (Lipinski definition) is 3. The Hall–Kier alpha value is -2.83. The first-order valence-electron chi connectivity index (χ1n) is 9.05. The van der Waals surface area contributed by atoms with E-state index in [1.165, 1.54) is 0 Å². The van der Waals surface area contributed by atoms with E-state index in [-0.39, 0.29) is 24.7 Å². The Morgan fingerprint density at radius 2 is 1.11 bits per heavy atom. The number of alkyl halides is 16. The van der Waals surface area contributed by atoms with Crippen molar-refractivity contribution in [1.82, 2.24) is 0 Å². The second kappa shape index (κ2) is 8.88. The molecule has 2 rings (SSSR count). The lowest BCUT2D eigenvalue weighted by atomic mass is 9.89. The molecular formula is C17H9F16NO3. The molecule has 1 aliphatic rings. The number of rotatable bonds is 9. The molecule has 0 saturated carbocycles. The molecule has 0 radical (unpaired) electrons. The van der Waals surface area contributed by atoms with Crippen molar-refractivity contribution in [3.05, 3.63) is 18.2 Å². The second-order valence-corrected chi connectivity index (χ2v) is 7.18. The molecule has 1 amide bonds. The van der Waals surface area contributed by atoms with Gasteiger partial charge in [-0.1, -0.05) is 0 Å². The summed E-state index contributed by atoms with van der Waals surface area (Å²) >= 11 is 0. The van der Waals surface area contributed by atoms with Crippen LogP contribution in [-0.4, -0.2) is 67.0 Å². The van der Waals surface area contributed by atoms with Gasteiger partial charge in [-0.3, -0.25) is 4.79 Å². The normalized spacial score (nSPS) is 16.1. The highest BCUT2D eigenvalue weighted by atomic mass is 19.4. The van der Waals surface area contributed by atoms with Gasteiger partial charge in [0.05, 0.1) is 0 Å². The summed E-state index contributed by atoms with van der Waals surface area (Å²) in [6.45, 7) is -0.192. The smallest absolute Gasteiger partial charge is 0.393 e. The fourth-order valence-corrected chi connectivity index (χ4v) is 2.61. The number of fused-ring (bicyclic) bond motifs is 1. The molecule has 37 heavy (non-hydrogen) atoms. The van der Waals surface area contributed by atoms with Gasteiger partial charge in [0.15, 0.2) is 11.5 Å². The van der Waals surface area contributed by atoms with Gasteiger partial charge in [0.2, 0.25) is 0 Å². The van der Waals surface area contributed by atoms with Crippen LogP contribution in [0.15, 0.2) is 18.2 Å². The van der Waals surface area contributed by atoms with Crippen LogP contribution in [0.4, 0.5) is 75.9 Å². The fraction of sp³-hybridized carbons (Fsp3) is 0.588. The number of halogens is 16. The molecule has 212 valence electrons. The van der Waals surface area contributed by atoms with Gasteiger partial charge in [0.1, 0.15) is 13.2 Å². The summed E-state index contributed by atoms with van der Waals surface area (Å²) in [6, 6.07) is 2.04. The van der Waals surface area contributed by atoms with Gasteiger partial charge in [-0.2, -0.15) is 61.5 Å². The van der Waals surface area contributed by atoms with Gasteiger partial charge in [0.25, 0.3) is 0 Å². The number of benzene rings is 1. The average molecular weight is 579 g/mol. The maximum absolute atomic E-state index is 14.0. The van der Waals surface area contributed by atoms with Crippen LogP contribution >= 0.6 is 0 Å². The zero-order valence-electron chi connectivity index (χ0n) is 17.0. The molecule has 0 atom stereocenters. The number of carbonyl (C=O) groups excluding carboxylic acids is 1. The summed E-state index contributed by atoms with van der Waals surface area (Å²) < 4.78 is 223. The van der Waals surface area contributed by atoms with Crippen LogP contribution < -0.4 is 14.8 Å². The first-order chi connectivity index (χ1) is 16.4. The van der Waals surface area contributed by atoms with Crippen molar-refractivity contribution in [3.63, 3.8) is 0 Å². The summed E-state index contributed by atoms with van der Waals surface area (Å²) in [6.07, 6.45) is -5.93. The number of ether oxygens (including phenoxy) is 2. The molecule has 4 nitrogen and oxygen atoms in total. The predicted octanol–water partition coefficient (Wildman–Crippen LogP) is 6.11.